The molecule has 0 saturated heterocycles. The van der Waals surface area contributed by atoms with E-state index in [1.807, 2.05) is 13.8 Å². The van der Waals surface area contributed by atoms with Gasteiger partial charge in [0, 0.05) is 0 Å². The molecule has 0 aromatic carbocycles. The van der Waals surface area contributed by atoms with Crippen LogP contribution in [0.5, 0.6) is 0 Å². The molecular formula is C11H17N5O3. The van der Waals surface area contributed by atoms with E-state index in [1.165, 1.54) is 6.92 Å². The molecule has 1 heterocycles. The van der Waals surface area contributed by atoms with E-state index in [0.29, 0.717) is 12.8 Å². The van der Waals surface area contributed by atoms with Crippen molar-refractivity contribution in [1.29, 1.82) is 0 Å². The lowest BCUT2D eigenvalue weighted by Crippen LogP contribution is -2.41. The highest BCUT2D eigenvalue weighted by atomic mass is 16.4. The Morgan fingerprint density at radius 2 is 1.84 bits per heavy atom. The summed E-state index contributed by atoms with van der Waals surface area (Å²) in [5, 5.41) is 21.0. The van der Waals surface area contributed by atoms with Crippen LogP contribution < -0.4 is 10.6 Å². The number of carbonyl (C=O) groups excluding carboxylic acids is 1. The Labute approximate surface area is 110 Å². The highest BCUT2D eigenvalue weighted by Gasteiger charge is 2.15. The van der Waals surface area contributed by atoms with Gasteiger partial charge in [-0.25, -0.2) is 9.78 Å². The van der Waals surface area contributed by atoms with E-state index in [-0.39, 0.29) is 5.95 Å². The number of rotatable bonds is 5. The third-order valence-corrected chi connectivity index (χ3v) is 2.45. The Balaban J connectivity index is 2.72. The van der Waals surface area contributed by atoms with Crippen LogP contribution in [0.1, 0.15) is 32.2 Å². The summed E-state index contributed by atoms with van der Waals surface area (Å²) in [6.45, 7) is 5.23. The number of carbonyl (C=O) groups is 2. The van der Waals surface area contributed by atoms with E-state index in [1.54, 1.807) is 0 Å². The first kappa shape index (κ1) is 14.8. The van der Waals surface area contributed by atoms with Crippen LogP contribution in [0.4, 0.5) is 10.7 Å². The Bertz CT molecular complexity index is 477. The summed E-state index contributed by atoms with van der Waals surface area (Å²) in [4.78, 5) is 26.2. The summed E-state index contributed by atoms with van der Waals surface area (Å²) in [6.07, 6.45) is 1.40. The smallest absolute Gasteiger partial charge is 0.325 e. The van der Waals surface area contributed by atoms with Crippen molar-refractivity contribution in [2.24, 2.45) is 0 Å². The van der Waals surface area contributed by atoms with Crippen molar-refractivity contribution in [3.63, 3.8) is 0 Å². The van der Waals surface area contributed by atoms with Gasteiger partial charge >= 0.3 is 12.0 Å². The second-order valence-corrected chi connectivity index (χ2v) is 3.89. The Morgan fingerprint density at radius 1 is 1.21 bits per heavy atom. The molecule has 0 aliphatic rings. The predicted molar refractivity (Wildman–Crippen MR) is 67.8 cm³/mol. The standard InChI is InChI=1S/C11H17N5O3/c1-4-7-8(5-2)15-16-10(13-7)14-11(19)12-6(3)9(17)18/h6H,4-5H2,1-3H3,(H,17,18)(H2,12,13,14,16,19)/t6-/m0/s1. The lowest BCUT2D eigenvalue weighted by Gasteiger charge is -2.10. The average Bonchev–Trinajstić information content (AvgIpc) is 2.38. The Hall–Kier alpha value is -2.25. The van der Waals surface area contributed by atoms with E-state index >= 15 is 0 Å². The minimum absolute atomic E-state index is 0.0594. The molecule has 19 heavy (non-hydrogen) atoms. The molecule has 0 spiro atoms. The van der Waals surface area contributed by atoms with Crippen LogP contribution in [0.2, 0.25) is 0 Å². The van der Waals surface area contributed by atoms with E-state index in [4.69, 9.17) is 5.11 Å². The fraction of sp³-hybridized carbons (Fsp3) is 0.545. The van der Waals surface area contributed by atoms with Crippen LogP contribution in [0.15, 0.2) is 0 Å². The zero-order valence-electron chi connectivity index (χ0n) is 11.1. The molecule has 0 radical (unpaired) electrons. The first-order valence-electron chi connectivity index (χ1n) is 6.00. The van der Waals surface area contributed by atoms with Crippen molar-refractivity contribution in [3.8, 4) is 0 Å². The SMILES string of the molecule is CCc1nnc(NC(=O)N[C@@H](C)C(=O)O)nc1CC. The lowest BCUT2D eigenvalue weighted by molar-refractivity contribution is -0.138. The fourth-order valence-electron chi connectivity index (χ4n) is 1.39. The molecule has 0 unspecified atom stereocenters. The van der Waals surface area contributed by atoms with Crippen molar-refractivity contribution in [1.82, 2.24) is 20.5 Å². The van der Waals surface area contributed by atoms with Crippen LogP contribution in [-0.2, 0) is 17.6 Å². The molecule has 2 amide bonds. The number of amides is 2. The number of carboxylic acid groups (broad SMARTS) is 1. The van der Waals surface area contributed by atoms with Crippen molar-refractivity contribution >= 4 is 17.9 Å². The summed E-state index contributed by atoms with van der Waals surface area (Å²) in [7, 11) is 0. The van der Waals surface area contributed by atoms with Gasteiger partial charge in [-0.2, -0.15) is 0 Å². The van der Waals surface area contributed by atoms with Crippen molar-refractivity contribution in [2.75, 3.05) is 5.32 Å². The van der Waals surface area contributed by atoms with Crippen molar-refractivity contribution in [3.05, 3.63) is 11.4 Å². The van der Waals surface area contributed by atoms with Gasteiger partial charge in [-0.15, -0.1) is 10.2 Å². The largest absolute Gasteiger partial charge is 0.480 e. The average molecular weight is 267 g/mol. The first-order chi connectivity index (χ1) is 8.97. The maximum absolute atomic E-state index is 11.5. The van der Waals surface area contributed by atoms with Gasteiger partial charge < -0.3 is 10.4 Å². The van der Waals surface area contributed by atoms with Gasteiger partial charge in [0.1, 0.15) is 6.04 Å². The second kappa shape index (κ2) is 6.62. The lowest BCUT2D eigenvalue weighted by atomic mass is 10.2. The minimum atomic E-state index is -1.12. The van der Waals surface area contributed by atoms with Crippen LogP contribution in [0.25, 0.3) is 0 Å². The molecule has 3 N–H and O–H groups in total. The topological polar surface area (TPSA) is 117 Å². The van der Waals surface area contributed by atoms with E-state index in [0.717, 1.165) is 11.4 Å². The zero-order valence-corrected chi connectivity index (χ0v) is 11.1. The number of hydrogen-bond acceptors (Lipinski definition) is 5. The predicted octanol–water partition coefficient (Wildman–Crippen LogP) is 0.591. The van der Waals surface area contributed by atoms with E-state index in [2.05, 4.69) is 25.8 Å². The molecule has 8 nitrogen and oxygen atoms in total. The highest BCUT2D eigenvalue weighted by molar-refractivity contribution is 5.90. The Kier molecular flexibility index (Phi) is 5.16. The third kappa shape index (κ3) is 4.16. The molecule has 104 valence electrons. The van der Waals surface area contributed by atoms with Gasteiger partial charge in [-0.05, 0) is 19.8 Å². The summed E-state index contributed by atoms with van der Waals surface area (Å²) in [5.74, 6) is -1.06. The summed E-state index contributed by atoms with van der Waals surface area (Å²) in [5.41, 5.74) is 1.55. The number of urea groups is 1. The van der Waals surface area contributed by atoms with Gasteiger partial charge in [0.05, 0.1) is 11.4 Å². The third-order valence-electron chi connectivity index (χ3n) is 2.45. The van der Waals surface area contributed by atoms with Gasteiger partial charge in [0.15, 0.2) is 0 Å². The number of hydrogen-bond donors (Lipinski definition) is 3. The first-order valence-corrected chi connectivity index (χ1v) is 6.00. The molecule has 0 fully saturated rings. The maximum atomic E-state index is 11.5. The number of carboxylic acids is 1. The highest BCUT2D eigenvalue weighted by Crippen LogP contribution is 2.06. The van der Waals surface area contributed by atoms with Crippen LogP contribution in [0.3, 0.4) is 0 Å². The molecule has 8 heteroatoms. The molecule has 1 atom stereocenters. The van der Waals surface area contributed by atoms with Crippen LogP contribution in [0, 0.1) is 0 Å². The number of anilines is 1. The molecule has 1 aromatic heterocycles. The molecule has 0 aliphatic carbocycles. The van der Waals surface area contributed by atoms with E-state index in [9.17, 15) is 9.59 Å². The molecule has 0 bridgehead atoms. The summed E-state index contributed by atoms with van der Waals surface area (Å²) >= 11 is 0. The van der Waals surface area contributed by atoms with Crippen molar-refractivity contribution in [2.45, 2.75) is 39.7 Å². The fourth-order valence-corrected chi connectivity index (χ4v) is 1.39. The van der Waals surface area contributed by atoms with Gasteiger partial charge in [-0.3, -0.25) is 10.1 Å². The summed E-state index contributed by atoms with van der Waals surface area (Å²) < 4.78 is 0. The Morgan fingerprint density at radius 3 is 2.37 bits per heavy atom. The second-order valence-electron chi connectivity index (χ2n) is 3.89. The molecular weight excluding hydrogens is 250 g/mol. The molecule has 1 aromatic rings. The monoisotopic (exact) mass is 267 g/mol. The van der Waals surface area contributed by atoms with Crippen LogP contribution >= 0.6 is 0 Å². The normalized spacial score (nSPS) is 11.7. The quantitative estimate of drug-likeness (QED) is 0.718. The molecule has 0 saturated carbocycles. The zero-order chi connectivity index (χ0) is 14.4. The number of aryl methyl sites for hydroxylation is 2. The summed E-state index contributed by atoms with van der Waals surface area (Å²) in [6, 6.07) is -1.67. The molecule has 0 aliphatic heterocycles. The molecule has 1 rings (SSSR count). The van der Waals surface area contributed by atoms with Crippen LogP contribution in [-0.4, -0.2) is 38.3 Å². The number of aliphatic carboxylic acids is 1. The van der Waals surface area contributed by atoms with Gasteiger partial charge in [0.2, 0.25) is 0 Å². The number of aromatic nitrogens is 3. The van der Waals surface area contributed by atoms with Gasteiger partial charge in [0.25, 0.3) is 5.95 Å². The minimum Gasteiger partial charge on any atom is -0.480 e. The maximum Gasteiger partial charge on any atom is 0.325 e. The number of nitrogens with zero attached hydrogens (tertiary/aromatic N) is 3. The van der Waals surface area contributed by atoms with Crippen molar-refractivity contribution < 1.29 is 14.7 Å². The van der Waals surface area contributed by atoms with E-state index < -0.39 is 18.0 Å². The van der Waals surface area contributed by atoms with Gasteiger partial charge in [-0.1, -0.05) is 13.8 Å². The number of nitrogens with one attached hydrogen (secondary N) is 2.